The molecular formula is C22H23BrClNO. The van der Waals surface area contributed by atoms with Crippen LogP contribution < -0.4 is 0 Å². The average molecular weight is 433 g/mol. The van der Waals surface area contributed by atoms with Crippen molar-refractivity contribution in [2.24, 2.45) is 5.92 Å². The molecule has 3 rings (SSSR count). The van der Waals surface area contributed by atoms with Gasteiger partial charge in [0.2, 0.25) is 0 Å². The van der Waals surface area contributed by atoms with Crippen molar-refractivity contribution in [1.82, 2.24) is 4.57 Å². The zero-order valence-electron chi connectivity index (χ0n) is 15.4. The van der Waals surface area contributed by atoms with Gasteiger partial charge in [0.15, 0.2) is 5.78 Å². The summed E-state index contributed by atoms with van der Waals surface area (Å²) in [5.74, 6) is 0.187. The molecule has 1 heterocycles. The SMILES string of the molecule is CCCc1c(C(=O)C(C)C)c2ccccc2n1Cc1ccc(Br)cc1Cl. The van der Waals surface area contributed by atoms with Crippen molar-refractivity contribution in [2.75, 3.05) is 0 Å². The number of aromatic nitrogens is 1. The molecule has 136 valence electrons. The number of halogens is 2. The van der Waals surface area contributed by atoms with E-state index in [0.29, 0.717) is 6.54 Å². The highest BCUT2D eigenvalue weighted by atomic mass is 79.9. The van der Waals surface area contributed by atoms with Gasteiger partial charge in [-0.25, -0.2) is 0 Å². The third kappa shape index (κ3) is 3.60. The van der Waals surface area contributed by atoms with E-state index < -0.39 is 0 Å². The van der Waals surface area contributed by atoms with Crippen LogP contribution in [0.3, 0.4) is 0 Å². The molecule has 0 saturated carbocycles. The summed E-state index contributed by atoms with van der Waals surface area (Å²) < 4.78 is 3.23. The Bertz CT molecular complexity index is 958. The number of ketones is 1. The predicted octanol–water partition coefficient (Wildman–Crippen LogP) is 6.90. The number of rotatable bonds is 6. The Balaban J connectivity index is 2.23. The van der Waals surface area contributed by atoms with Crippen LogP contribution in [-0.2, 0) is 13.0 Å². The van der Waals surface area contributed by atoms with Crippen LogP contribution in [0, 0.1) is 5.92 Å². The van der Waals surface area contributed by atoms with Crippen LogP contribution in [0.2, 0.25) is 5.02 Å². The van der Waals surface area contributed by atoms with E-state index in [9.17, 15) is 4.79 Å². The number of benzene rings is 2. The number of hydrogen-bond acceptors (Lipinski definition) is 1. The molecule has 0 fully saturated rings. The minimum atomic E-state index is -0.0267. The lowest BCUT2D eigenvalue weighted by Crippen LogP contribution is -2.12. The molecule has 26 heavy (non-hydrogen) atoms. The van der Waals surface area contributed by atoms with Crippen molar-refractivity contribution in [2.45, 2.75) is 40.2 Å². The molecule has 3 aromatic rings. The molecule has 0 bridgehead atoms. The fraction of sp³-hybridized carbons (Fsp3) is 0.318. The van der Waals surface area contributed by atoms with Crippen molar-refractivity contribution in [3.05, 3.63) is 68.8 Å². The Labute approximate surface area is 168 Å². The van der Waals surface area contributed by atoms with Gasteiger partial charge in [-0.3, -0.25) is 4.79 Å². The zero-order valence-corrected chi connectivity index (χ0v) is 17.7. The van der Waals surface area contributed by atoms with E-state index in [2.05, 4.69) is 39.6 Å². The number of carbonyl (C=O) groups is 1. The van der Waals surface area contributed by atoms with Crippen LogP contribution in [0.15, 0.2) is 46.9 Å². The van der Waals surface area contributed by atoms with Crippen molar-refractivity contribution in [3.8, 4) is 0 Å². The van der Waals surface area contributed by atoms with Gasteiger partial charge < -0.3 is 4.57 Å². The lowest BCUT2D eigenvalue weighted by Gasteiger charge is -2.14. The first-order valence-electron chi connectivity index (χ1n) is 9.02. The molecule has 0 aliphatic rings. The molecule has 0 atom stereocenters. The van der Waals surface area contributed by atoms with Gasteiger partial charge in [0.25, 0.3) is 0 Å². The first kappa shape index (κ1) is 19.2. The van der Waals surface area contributed by atoms with Gasteiger partial charge in [0.1, 0.15) is 0 Å². The van der Waals surface area contributed by atoms with Crippen LogP contribution in [0.1, 0.15) is 48.8 Å². The molecule has 0 radical (unpaired) electrons. The monoisotopic (exact) mass is 431 g/mol. The Morgan fingerprint density at radius 3 is 2.58 bits per heavy atom. The highest BCUT2D eigenvalue weighted by molar-refractivity contribution is 9.10. The van der Waals surface area contributed by atoms with E-state index in [1.165, 1.54) is 0 Å². The number of hydrogen-bond donors (Lipinski definition) is 0. The molecule has 2 aromatic carbocycles. The molecule has 0 unspecified atom stereocenters. The normalized spacial score (nSPS) is 11.5. The van der Waals surface area contributed by atoms with E-state index in [4.69, 9.17) is 11.6 Å². The quantitative estimate of drug-likeness (QED) is 0.388. The van der Waals surface area contributed by atoms with Gasteiger partial charge in [-0.05, 0) is 30.2 Å². The first-order chi connectivity index (χ1) is 12.4. The largest absolute Gasteiger partial charge is 0.339 e. The van der Waals surface area contributed by atoms with Gasteiger partial charge in [0.05, 0.1) is 0 Å². The van der Waals surface area contributed by atoms with Crippen molar-refractivity contribution < 1.29 is 4.79 Å². The second-order valence-corrected chi connectivity index (χ2v) is 8.25. The summed E-state index contributed by atoms with van der Waals surface area (Å²) in [6, 6.07) is 14.2. The summed E-state index contributed by atoms with van der Waals surface area (Å²) in [5, 5.41) is 1.78. The molecule has 0 amide bonds. The minimum absolute atomic E-state index is 0.0267. The summed E-state index contributed by atoms with van der Waals surface area (Å²) >= 11 is 9.93. The summed E-state index contributed by atoms with van der Waals surface area (Å²) in [7, 11) is 0. The van der Waals surface area contributed by atoms with Crippen LogP contribution in [0.5, 0.6) is 0 Å². The predicted molar refractivity (Wildman–Crippen MR) is 113 cm³/mol. The van der Waals surface area contributed by atoms with Gasteiger partial charge in [-0.2, -0.15) is 0 Å². The summed E-state index contributed by atoms with van der Waals surface area (Å²) in [5.41, 5.74) is 4.15. The molecule has 4 heteroatoms. The van der Waals surface area contributed by atoms with Crippen LogP contribution >= 0.6 is 27.5 Å². The number of fused-ring (bicyclic) bond motifs is 1. The lowest BCUT2D eigenvalue weighted by molar-refractivity contribution is 0.0940. The molecule has 1 aromatic heterocycles. The fourth-order valence-corrected chi connectivity index (χ4v) is 4.15. The summed E-state index contributed by atoms with van der Waals surface area (Å²) in [4.78, 5) is 13.0. The second-order valence-electron chi connectivity index (χ2n) is 6.93. The van der Waals surface area contributed by atoms with Crippen LogP contribution in [0.25, 0.3) is 10.9 Å². The number of para-hydroxylation sites is 1. The number of Topliss-reactive ketones (excluding diaryl/α,β-unsaturated/α-hetero) is 1. The topological polar surface area (TPSA) is 22.0 Å². The van der Waals surface area contributed by atoms with Crippen molar-refractivity contribution in [3.63, 3.8) is 0 Å². The minimum Gasteiger partial charge on any atom is -0.339 e. The van der Waals surface area contributed by atoms with E-state index in [1.807, 2.05) is 44.2 Å². The van der Waals surface area contributed by atoms with Gasteiger partial charge in [0, 0.05) is 44.1 Å². The highest BCUT2D eigenvalue weighted by Gasteiger charge is 2.23. The molecule has 2 nitrogen and oxygen atoms in total. The zero-order chi connectivity index (χ0) is 18.8. The number of carbonyl (C=O) groups excluding carboxylic acids is 1. The first-order valence-corrected chi connectivity index (χ1v) is 10.2. The third-order valence-electron chi connectivity index (χ3n) is 4.68. The Morgan fingerprint density at radius 1 is 1.19 bits per heavy atom. The van der Waals surface area contributed by atoms with Crippen LogP contribution in [-0.4, -0.2) is 10.4 Å². The lowest BCUT2D eigenvalue weighted by atomic mass is 9.97. The standard InChI is InChI=1S/C22H23BrClNO/c1-4-7-20-21(22(26)14(2)3)17-8-5-6-9-19(17)25(20)13-15-10-11-16(23)12-18(15)24/h5-6,8-12,14H,4,7,13H2,1-3H3. The third-order valence-corrected chi connectivity index (χ3v) is 5.52. The molecule has 0 aliphatic heterocycles. The Kier molecular flexibility index (Phi) is 5.89. The molecule has 0 N–H and O–H groups in total. The smallest absolute Gasteiger partial charge is 0.167 e. The Hall–Kier alpha value is -1.58. The Morgan fingerprint density at radius 2 is 1.92 bits per heavy atom. The van der Waals surface area contributed by atoms with Crippen molar-refractivity contribution in [1.29, 1.82) is 0 Å². The maximum atomic E-state index is 13.0. The summed E-state index contributed by atoms with van der Waals surface area (Å²) in [6.45, 7) is 6.75. The summed E-state index contributed by atoms with van der Waals surface area (Å²) in [6.07, 6.45) is 1.86. The van der Waals surface area contributed by atoms with E-state index in [-0.39, 0.29) is 11.7 Å². The molecule has 0 spiro atoms. The van der Waals surface area contributed by atoms with E-state index >= 15 is 0 Å². The molecule has 0 aliphatic carbocycles. The maximum absolute atomic E-state index is 13.0. The molecular weight excluding hydrogens is 410 g/mol. The second kappa shape index (κ2) is 7.98. The van der Waals surface area contributed by atoms with Gasteiger partial charge >= 0.3 is 0 Å². The maximum Gasteiger partial charge on any atom is 0.167 e. The van der Waals surface area contributed by atoms with E-state index in [1.54, 1.807) is 0 Å². The van der Waals surface area contributed by atoms with Crippen molar-refractivity contribution >= 4 is 44.2 Å². The van der Waals surface area contributed by atoms with E-state index in [0.717, 1.165) is 50.1 Å². The fourth-order valence-electron chi connectivity index (χ4n) is 3.42. The average Bonchev–Trinajstić information content (AvgIpc) is 2.90. The highest BCUT2D eigenvalue weighted by Crippen LogP contribution is 2.32. The van der Waals surface area contributed by atoms with Gasteiger partial charge in [-0.15, -0.1) is 0 Å². The molecule has 0 saturated heterocycles. The number of nitrogens with zero attached hydrogens (tertiary/aromatic N) is 1. The van der Waals surface area contributed by atoms with Gasteiger partial charge in [-0.1, -0.05) is 79.0 Å². The van der Waals surface area contributed by atoms with Crippen LogP contribution in [0.4, 0.5) is 0 Å².